The minimum Gasteiger partial charge on any atom is -0.340 e. The number of aromatic nitrogens is 3. The highest BCUT2D eigenvalue weighted by Crippen LogP contribution is 2.37. The lowest BCUT2D eigenvalue weighted by Crippen LogP contribution is -2.79. The fraction of sp³-hybridized carbons (Fsp3) is 0.185. The number of hydrogen-bond donors (Lipinski definition) is 3. The van der Waals surface area contributed by atoms with Crippen molar-refractivity contribution in [1.82, 2.24) is 19.9 Å². The summed E-state index contributed by atoms with van der Waals surface area (Å²) in [6, 6.07) is 14.2. The number of quaternary nitrogens is 1. The third kappa shape index (κ3) is 6.35. The summed E-state index contributed by atoms with van der Waals surface area (Å²) in [5, 5.41) is 13.8. The maximum Gasteiger partial charge on any atom is 0.417 e. The van der Waals surface area contributed by atoms with Crippen LogP contribution < -0.4 is 10.6 Å². The molecule has 0 spiro atoms. The van der Waals surface area contributed by atoms with Gasteiger partial charge < -0.3 is 20.9 Å². The first-order chi connectivity index (χ1) is 17.8. The van der Waals surface area contributed by atoms with Crippen LogP contribution in [-0.2, 0) is 6.18 Å². The van der Waals surface area contributed by atoms with E-state index in [-0.39, 0.29) is 11.3 Å². The molecule has 4 rings (SSSR count). The Hall–Kier alpha value is -4.15. The van der Waals surface area contributed by atoms with E-state index in [1.165, 1.54) is 30.9 Å². The van der Waals surface area contributed by atoms with Gasteiger partial charge in [0.25, 0.3) is 0 Å². The van der Waals surface area contributed by atoms with Crippen molar-refractivity contribution in [3.05, 3.63) is 84.4 Å². The van der Waals surface area contributed by atoms with Gasteiger partial charge in [0.2, 0.25) is 0 Å². The maximum absolute atomic E-state index is 13.5. The van der Waals surface area contributed by atoms with Crippen LogP contribution in [0.25, 0.3) is 27.7 Å². The maximum atomic E-state index is 13.5. The van der Waals surface area contributed by atoms with Gasteiger partial charge in [-0.1, -0.05) is 24.3 Å². The summed E-state index contributed by atoms with van der Waals surface area (Å²) >= 11 is 0. The number of pyridine rings is 1. The molecule has 0 amide bonds. The molecular weight excluding hydrogens is 479 g/mol. The number of hydrogen-bond acceptors (Lipinski definition) is 6. The predicted molar refractivity (Wildman–Crippen MR) is 140 cm³/mol. The molecule has 2 aromatic heterocycles. The summed E-state index contributed by atoms with van der Waals surface area (Å²) in [5.41, 5.74) is 2.29. The quantitative estimate of drug-likeness (QED) is 0.228. The van der Waals surface area contributed by atoms with Crippen molar-refractivity contribution in [2.45, 2.75) is 6.18 Å². The number of likely N-dealkylation sites (N-methyl/N-ethyl adjacent to an activating group) is 1. The first-order valence-electron chi connectivity index (χ1n) is 11.6. The lowest BCUT2D eigenvalue weighted by molar-refractivity contribution is -0.586. The number of benzene rings is 2. The minimum atomic E-state index is -4.49. The number of rotatable bonds is 9. The second-order valence-electron chi connectivity index (χ2n) is 8.65. The molecule has 7 nitrogen and oxygen atoms in total. The van der Waals surface area contributed by atoms with Crippen molar-refractivity contribution < 1.29 is 18.5 Å². The number of nitrogens with one attached hydrogen (secondary N) is 2. The number of anilines is 2. The van der Waals surface area contributed by atoms with Crippen LogP contribution in [0.15, 0.2) is 73.3 Å². The van der Waals surface area contributed by atoms with Crippen molar-refractivity contribution >= 4 is 34.2 Å². The Balaban J connectivity index is 1.61. The monoisotopic (exact) mass is 506 g/mol. The predicted octanol–water partition coefficient (Wildman–Crippen LogP) is 4.57. The molecule has 4 N–H and O–H groups in total. The first-order valence-corrected chi connectivity index (χ1v) is 11.6. The molecular formula is C27H27F3N7+. The molecule has 10 heteroatoms. The van der Waals surface area contributed by atoms with Crippen LogP contribution in [0, 0.1) is 5.41 Å². The van der Waals surface area contributed by atoms with Crippen molar-refractivity contribution in [2.24, 2.45) is 0 Å². The Labute approximate surface area is 212 Å². The van der Waals surface area contributed by atoms with E-state index < -0.39 is 11.7 Å². The molecule has 0 aliphatic rings. The average Bonchev–Trinajstić information content (AvgIpc) is 2.88. The smallest absolute Gasteiger partial charge is 0.340 e. The molecule has 2 aromatic carbocycles. The number of allylic oxidation sites excluding steroid dienone is 1. The fourth-order valence-corrected chi connectivity index (χ4v) is 3.85. The van der Waals surface area contributed by atoms with E-state index in [4.69, 9.17) is 5.41 Å². The van der Waals surface area contributed by atoms with Gasteiger partial charge in [0.15, 0.2) is 0 Å². The molecule has 37 heavy (non-hydrogen) atoms. The van der Waals surface area contributed by atoms with Crippen LogP contribution in [0.2, 0.25) is 0 Å². The van der Waals surface area contributed by atoms with E-state index in [2.05, 4.69) is 25.2 Å². The Bertz CT molecular complexity index is 1430. The van der Waals surface area contributed by atoms with Gasteiger partial charge in [0.05, 0.1) is 28.9 Å². The van der Waals surface area contributed by atoms with Crippen molar-refractivity contribution in [3.8, 4) is 11.3 Å². The third-order valence-corrected chi connectivity index (χ3v) is 5.70. The molecule has 0 atom stereocenters. The van der Waals surface area contributed by atoms with E-state index in [1.807, 2.05) is 43.8 Å². The number of fused-ring (bicyclic) bond motifs is 1. The molecule has 2 heterocycles. The highest BCUT2D eigenvalue weighted by Gasteiger charge is 2.33. The topological polar surface area (TPSA) is 94.4 Å². The molecule has 0 saturated heterocycles. The van der Waals surface area contributed by atoms with E-state index in [0.717, 1.165) is 35.7 Å². The summed E-state index contributed by atoms with van der Waals surface area (Å²) in [6.45, 7) is 1.79. The van der Waals surface area contributed by atoms with Gasteiger partial charge in [-0.25, -0.2) is 9.97 Å². The number of nitrogens with zero attached hydrogens (tertiary/aromatic N) is 4. The second kappa shape index (κ2) is 11.3. The first kappa shape index (κ1) is 25.9. The zero-order valence-corrected chi connectivity index (χ0v) is 20.4. The summed E-state index contributed by atoms with van der Waals surface area (Å²) < 4.78 is 40.5. The molecule has 0 radical (unpaired) electrons. The van der Waals surface area contributed by atoms with Gasteiger partial charge in [0, 0.05) is 35.6 Å². The van der Waals surface area contributed by atoms with Gasteiger partial charge in [0.1, 0.15) is 18.3 Å². The van der Waals surface area contributed by atoms with Crippen LogP contribution in [-0.4, -0.2) is 53.3 Å². The normalized spacial score (nSPS) is 12.2. The average molecular weight is 507 g/mol. The highest BCUT2D eigenvalue weighted by molar-refractivity contribution is 6.09. The SMILES string of the molecule is CN(C)CC[NH2+]/C=C(\C=N)c1ccc2c(Nc3ccnc(-c4ccccc4C(F)(F)F)c3)ncnc2c1. The zero-order valence-electron chi connectivity index (χ0n) is 20.4. The zero-order chi connectivity index (χ0) is 26.4. The lowest BCUT2D eigenvalue weighted by Gasteiger charge is -2.14. The van der Waals surface area contributed by atoms with E-state index in [0.29, 0.717) is 17.0 Å². The second-order valence-corrected chi connectivity index (χ2v) is 8.65. The molecule has 0 aliphatic heterocycles. The summed E-state index contributed by atoms with van der Waals surface area (Å²) in [7, 11) is 4.02. The van der Waals surface area contributed by atoms with Crippen molar-refractivity contribution in [2.75, 3.05) is 32.5 Å². The fourth-order valence-electron chi connectivity index (χ4n) is 3.85. The van der Waals surface area contributed by atoms with Gasteiger partial charge in [-0.3, -0.25) is 4.98 Å². The van der Waals surface area contributed by atoms with E-state index >= 15 is 0 Å². The minimum absolute atomic E-state index is 0.00387. The van der Waals surface area contributed by atoms with E-state index in [1.54, 1.807) is 18.2 Å². The summed E-state index contributed by atoms with van der Waals surface area (Å²) in [5.74, 6) is 0.510. The molecule has 0 saturated carbocycles. The number of nitrogens with two attached hydrogens (primary N) is 1. The van der Waals surface area contributed by atoms with Crippen molar-refractivity contribution in [3.63, 3.8) is 0 Å². The lowest BCUT2D eigenvalue weighted by atomic mass is 10.0. The summed E-state index contributed by atoms with van der Waals surface area (Å²) in [6.07, 6.45) is 1.63. The molecule has 0 bridgehead atoms. The number of halogens is 3. The van der Waals surface area contributed by atoms with Gasteiger partial charge in [-0.2, -0.15) is 13.2 Å². The van der Waals surface area contributed by atoms with Gasteiger partial charge in [-0.05, 0) is 50.0 Å². The molecule has 190 valence electrons. The van der Waals surface area contributed by atoms with E-state index in [9.17, 15) is 13.2 Å². The molecule has 0 aliphatic carbocycles. The summed E-state index contributed by atoms with van der Waals surface area (Å²) in [4.78, 5) is 15.0. The van der Waals surface area contributed by atoms with Crippen LogP contribution in [0.5, 0.6) is 0 Å². The highest BCUT2D eigenvalue weighted by atomic mass is 19.4. The Morgan fingerprint density at radius 1 is 1.05 bits per heavy atom. The van der Waals surface area contributed by atoms with Crippen LogP contribution in [0.1, 0.15) is 11.1 Å². The standard InChI is InChI=1S/C27H26F3N7/c1-37(2)12-11-32-16-19(15-31)18-7-8-22-24(13-18)34-17-35-26(22)36-20-9-10-33-25(14-20)21-5-3-4-6-23(21)27(28,29)30/h3-10,13-17,31-32H,11-12H2,1-2H3,(H,33,34,35,36)/p+1/b19-16+,31-15?. The van der Waals surface area contributed by atoms with Crippen molar-refractivity contribution in [1.29, 1.82) is 5.41 Å². The third-order valence-electron chi connectivity index (χ3n) is 5.70. The molecule has 0 unspecified atom stereocenters. The molecule has 4 aromatic rings. The van der Waals surface area contributed by atoms with Crippen LogP contribution >= 0.6 is 0 Å². The van der Waals surface area contributed by atoms with Gasteiger partial charge >= 0.3 is 6.18 Å². The van der Waals surface area contributed by atoms with Crippen LogP contribution in [0.4, 0.5) is 24.7 Å². The van der Waals surface area contributed by atoms with Gasteiger partial charge in [-0.15, -0.1) is 0 Å². The van der Waals surface area contributed by atoms with Crippen LogP contribution in [0.3, 0.4) is 0 Å². The largest absolute Gasteiger partial charge is 0.417 e. The Kier molecular flexibility index (Phi) is 7.90. The number of alkyl halides is 3. The Morgan fingerprint density at radius 3 is 2.62 bits per heavy atom. The molecule has 0 fully saturated rings. The Morgan fingerprint density at radius 2 is 1.86 bits per heavy atom.